The van der Waals surface area contributed by atoms with Crippen molar-refractivity contribution in [1.82, 2.24) is 9.97 Å². The minimum absolute atomic E-state index is 0.881. The number of hydrogen-bond donors (Lipinski definition) is 0. The Bertz CT molecular complexity index is 303. The molecule has 0 bridgehead atoms. The molecule has 1 heterocycles. The van der Waals surface area contributed by atoms with E-state index in [-0.39, 0.29) is 0 Å². The lowest BCUT2D eigenvalue weighted by molar-refractivity contribution is 0.757. The molecule has 0 spiro atoms. The van der Waals surface area contributed by atoms with E-state index in [0.29, 0.717) is 0 Å². The molecule has 1 aromatic heterocycles. The smallest absolute Gasteiger partial charge is 0.128 e. The summed E-state index contributed by atoms with van der Waals surface area (Å²) in [6, 6.07) is 0. The molecule has 2 nitrogen and oxygen atoms in total. The van der Waals surface area contributed by atoms with Gasteiger partial charge in [0, 0.05) is 18.3 Å². The molecule has 2 heteroatoms. The zero-order chi connectivity index (χ0) is 9.26. The number of nitrogens with zero attached hydrogens (tertiary/aromatic N) is 2. The van der Waals surface area contributed by atoms with Gasteiger partial charge in [-0.3, -0.25) is 0 Å². The second-order valence-electron chi connectivity index (χ2n) is 3.90. The van der Waals surface area contributed by atoms with Crippen molar-refractivity contribution in [2.45, 2.75) is 39.5 Å². The third-order valence-corrected chi connectivity index (χ3v) is 2.68. The Hall–Kier alpha value is -0.920. The van der Waals surface area contributed by atoms with Crippen LogP contribution in [0, 0.1) is 12.8 Å². The Morgan fingerprint density at radius 2 is 2.23 bits per heavy atom. The molecule has 1 aliphatic carbocycles. The van der Waals surface area contributed by atoms with E-state index < -0.39 is 0 Å². The zero-order valence-electron chi connectivity index (χ0n) is 8.38. The maximum Gasteiger partial charge on any atom is 0.128 e. The molecule has 2 rings (SSSR count). The van der Waals surface area contributed by atoms with Gasteiger partial charge in [-0.15, -0.1) is 0 Å². The van der Waals surface area contributed by atoms with Crippen LogP contribution in [0.15, 0.2) is 6.20 Å². The highest BCUT2D eigenvalue weighted by Gasteiger charge is 2.22. The van der Waals surface area contributed by atoms with E-state index in [1.54, 1.807) is 0 Å². The molecule has 0 saturated heterocycles. The lowest BCUT2D eigenvalue weighted by Gasteiger charge is -2.03. The van der Waals surface area contributed by atoms with Crippen LogP contribution in [0.5, 0.6) is 0 Å². The van der Waals surface area contributed by atoms with Crippen LogP contribution in [0.3, 0.4) is 0 Å². The molecule has 1 aromatic rings. The molecular weight excluding hydrogens is 160 g/mol. The topological polar surface area (TPSA) is 25.8 Å². The fraction of sp³-hybridized carbons (Fsp3) is 0.636. The van der Waals surface area contributed by atoms with Gasteiger partial charge in [0.15, 0.2) is 0 Å². The van der Waals surface area contributed by atoms with Gasteiger partial charge in [-0.25, -0.2) is 9.97 Å². The van der Waals surface area contributed by atoms with Crippen LogP contribution in [-0.2, 0) is 12.8 Å². The molecule has 1 fully saturated rings. The van der Waals surface area contributed by atoms with E-state index in [4.69, 9.17) is 0 Å². The molecule has 0 amide bonds. The highest BCUT2D eigenvalue weighted by atomic mass is 14.9. The Balaban J connectivity index is 2.13. The monoisotopic (exact) mass is 176 g/mol. The molecule has 0 unspecified atom stereocenters. The predicted octanol–water partition coefficient (Wildman–Crippen LogP) is 2.30. The third kappa shape index (κ3) is 2.06. The first-order valence-corrected chi connectivity index (χ1v) is 5.11. The second kappa shape index (κ2) is 3.44. The van der Waals surface area contributed by atoms with Gasteiger partial charge >= 0.3 is 0 Å². The Morgan fingerprint density at radius 3 is 2.77 bits per heavy atom. The van der Waals surface area contributed by atoms with Crippen molar-refractivity contribution in [1.29, 1.82) is 0 Å². The quantitative estimate of drug-likeness (QED) is 0.706. The van der Waals surface area contributed by atoms with E-state index in [1.807, 2.05) is 6.20 Å². The molecule has 0 N–H and O–H groups in total. The minimum Gasteiger partial charge on any atom is -0.241 e. The molecule has 0 atom stereocenters. The first kappa shape index (κ1) is 8.67. The summed E-state index contributed by atoms with van der Waals surface area (Å²) in [6.07, 6.45) is 6.86. The Kier molecular flexibility index (Phi) is 2.30. The van der Waals surface area contributed by atoms with Crippen molar-refractivity contribution in [3.63, 3.8) is 0 Å². The average Bonchev–Trinajstić information content (AvgIpc) is 2.89. The first-order valence-electron chi connectivity index (χ1n) is 5.11. The van der Waals surface area contributed by atoms with Crippen LogP contribution >= 0.6 is 0 Å². The van der Waals surface area contributed by atoms with Gasteiger partial charge < -0.3 is 0 Å². The third-order valence-electron chi connectivity index (χ3n) is 2.68. The number of hydrogen-bond acceptors (Lipinski definition) is 2. The molecule has 13 heavy (non-hydrogen) atoms. The van der Waals surface area contributed by atoms with E-state index in [1.165, 1.54) is 18.4 Å². The Labute approximate surface area is 79.4 Å². The fourth-order valence-corrected chi connectivity index (χ4v) is 1.57. The molecule has 0 aromatic carbocycles. The highest BCUT2D eigenvalue weighted by molar-refractivity contribution is 5.16. The molecule has 0 aliphatic heterocycles. The lowest BCUT2D eigenvalue weighted by Crippen LogP contribution is -2.01. The van der Waals surface area contributed by atoms with Crippen LogP contribution in [0.25, 0.3) is 0 Å². The molecular formula is C11H16N2. The summed E-state index contributed by atoms with van der Waals surface area (Å²) >= 11 is 0. The van der Waals surface area contributed by atoms with Crippen molar-refractivity contribution in [3.05, 3.63) is 23.3 Å². The summed E-state index contributed by atoms with van der Waals surface area (Å²) in [5, 5.41) is 0. The summed E-state index contributed by atoms with van der Waals surface area (Å²) < 4.78 is 0. The lowest BCUT2D eigenvalue weighted by atomic mass is 10.2. The zero-order valence-corrected chi connectivity index (χ0v) is 8.38. The average molecular weight is 176 g/mol. The van der Waals surface area contributed by atoms with E-state index in [0.717, 1.165) is 30.3 Å². The normalized spacial score (nSPS) is 16.2. The second-order valence-corrected chi connectivity index (χ2v) is 3.90. The number of rotatable bonds is 3. The van der Waals surface area contributed by atoms with Gasteiger partial charge in [-0.2, -0.15) is 0 Å². The van der Waals surface area contributed by atoms with Crippen LogP contribution in [0.1, 0.15) is 36.8 Å². The van der Waals surface area contributed by atoms with Crippen molar-refractivity contribution >= 4 is 0 Å². The molecule has 1 saturated carbocycles. The van der Waals surface area contributed by atoms with Crippen molar-refractivity contribution in [2.24, 2.45) is 5.92 Å². The summed E-state index contributed by atoms with van der Waals surface area (Å²) in [7, 11) is 0. The largest absolute Gasteiger partial charge is 0.241 e. The van der Waals surface area contributed by atoms with Crippen LogP contribution < -0.4 is 0 Å². The van der Waals surface area contributed by atoms with Gasteiger partial charge in [-0.05, 0) is 37.7 Å². The highest BCUT2D eigenvalue weighted by Crippen LogP contribution is 2.31. The SMILES string of the molecule is CCc1cnc(CC2CC2)nc1C. The van der Waals surface area contributed by atoms with Crippen LogP contribution in [0.4, 0.5) is 0 Å². The van der Waals surface area contributed by atoms with Gasteiger partial charge in [0.1, 0.15) is 5.82 Å². The number of aryl methyl sites for hydroxylation is 2. The van der Waals surface area contributed by atoms with E-state index in [2.05, 4.69) is 23.8 Å². The van der Waals surface area contributed by atoms with Crippen molar-refractivity contribution < 1.29 is 0 Å². The summed E-state index contributed by atoms with van der Waals surface area (Å²) in [5.41, 5.74) is 2.44. The van der Waals surface area contributed by atoms with Gasteiger partial charge in [-0.1, -0.05) is 6.92 Å². The van der Waals surface area contributed by atoms with E-state index in [9.17, 15) is 0 Å². The van der Waals surface area contributed by atoms with Crippen LogP contribution in [0.2, 0.25) is 0 Å². The summed E-state index contributed by atoms with van der Waals surface area (Å²) in [5.74, 6) is 1.92. The standard InChI is InChI=1S/C11H16N2/c1-3-10-7-12-11(13-8(10)2)6-9-4-5-9/h7,9H,3-6H2,1-2H3. The molecule has 1 aliphatic rings. The van der Waals surface area contributed by atoms with Crippen molar-refractivity contribution in [3.8, 4) is 0 Å². The summed E-state index contributed by atoms with van der Waals surface area (Å²) in [6.45, 7) is 4.23. The predicted molar refractivity (Wildman–Crippen MR) is 52.6 cm³/mol. The van der Waals surface area contributed by atoms with Gasteiger partial charge in [0.25, 0.3) is 0 Å². The van der Waals surface area contributed by atoms with Gasteiger partial charge in [0.05, 0.1) is 0 Å². The maximum absolute atomic E-state index is 4.51. The van der Waals surface area contributed by atoms with Crippen molar-refractivity contribution in [2.75, 3.05) is 0 Å². The van der Waals surface area contributed by atoms with E-state index >= 15 is 0 Å². The Morgan fingerprint density at radius 1 is 1.46 bits per heavy atom. The minimum atomic E-state index is 0.881. The number of aromatic nitrogens is 2. The first-order chi connectivity index (χ1) is 6.29. The maximum atomic E-state index is 4.51. The summed E-state index contributed by atoms with van der Waals surface area (Å²) in [4.78, 5) is 8.89. The fourth-order valence-electron chi connectivity index (χ4n) is 1.57. The van der Waals surface area contributed by atoms with Gasteiger partial charge in [0.2, 0.25) is 0 Å². The molecule has 70 valence electrons. The molecule has 0 radical (unpaired) electrons. The van der Waals surface area contributed by atoms with Crippen LogP contribution in [-0.4, -0.2) is 9.97 Å².